The lowest BCUT2D eigenvalue weighted by atomic mass is 10.0. The molecule has 1 saturated heterocycles. The van der Waals surface area contributed by atoms with Crippen LogP contribution in [0.2, 0.25) is 0 Å². The molecular formula is C24H29N5O5. The molecule has 34 heavy (non-hydrogen) atoms. The van der Waals surface area contributed by atoms with Gasteiger partial charge in [-0.05, 0) is 42.7 Å². The normalized spacial score (nSPS) is 14.6. The molecule has 1 aliphatic heterocycles. The highest BCUT2D eigenvalue weighted by molar-refractivity contribution is 5.91. The number of amides is 2. The Morgan fingerprint density at radius 2 is 1.82 bits per heavy atom. The van der Waals surface area contributed by atoms with Crippen LogP contribution in [0.1, 0.15) is 18.4 Å². The molecule has 0 aliphatic carbocycles. The molecule has 10 nitrogen and oxygen atoms in total. The van der Waals surface area contributed by atoms with Gasteiger partial charge in [0.05, 0.1) is 32.4 Å². The number of carbonyl (C=O) groups is 1. The third kappa shape index (κ3) is 5.40. The van der Waals surface area contributed by atoms with Crippen molar-refractivity contribution in [2.45, 2.75) is 25.4 Å². The van der Waals surface area contributed by atoms with E-state index in [9.17, 15) is 9.90 Å². The first-order chi connectivity index (χ1) is 16.5. The van der Waals surface area contributed by atoms with Crippen LogP contribution >= 0.6 is 0 Å². The van der Waals surface area contributed by atoms with Gasteiger partial charge in [0.2, 0.25) is 0 Å². The second-order valence-corrected chi connectivity index (χ2v) is 8.09. The number of nitrogens with one attached hydrogen (secondary N) is 2. The third-order valence-electron chi connectivity index (χ3n) is 5.84. The minimum atomic E-state index is -0.353. The van der Waals surface area contributed by atoms with Crippen molar-refractivity contribution in [3.63, 3.8) is 0 Å². The first-order valence-electron chi connectivity index (χ1n) is 11.0. The first kappa shape index (κ1) is 23.4. The standard InChI is InChI=1S/C24H29N5O5/c1-32-17-5-6-18-19(13-17)26-22(23(27-18)34-3)28-24(31)25-16-8-10-29(11-9-16)14-15-4-7-21(33-2)20(30)12-15/h4-7,12-13,16,30H,8-11,14H2,1-3H3,(H2,25,26,28,31). The number of aromatic nitrogens is 2. The van der Waals surface area contributed by atoms with E-state index < -0.39 is 0 Å². The zero-order valence-corrected chi connectivity index (χ0v) is 19.5. The number of urea groups is 1. The van der Waals surface area contributed by atoms with Gasteiger partial charge in [-0.25, -0.2) is 14.8 Å². The number of likely N-dealkylation sites (tertiary alicyclic amines) is 1. The quantitative estimate of drug-likeness (QED) is 0.485. The molecule has 0 radical (unpaired) electrons. The molecule has 2 amide bonds. The summed E-state index contributed by atoms with van der Waals surface area (Å²) in [4.78, 5) is 23.9. The molecule has 1 aromatic heterocycles. The number of piperidine rings is 1. The lowest BCUT2D eigenvalue weighted by molar-refractivity contribution is 0.189. The largest absolute Gasteiger partial charge is 0.504 e. The van der Waals surface area contributed by atoms with Crippen LogP contribution in [0, 0.1) is 0 Å². The number of hydrogen-bond acceptors (Lipinski definition) is 8. The van der Waals surface area contributed by atoms with E-state index >= 15 is 0 Å². The number of aromatic hydroxyl groups is 1. The molecular weight excluding hydrogens is 438 g/mol. The highest BCUT2D eigenvalue weighted by Crippen LogP contribution is 2.28. The van der Waals surface area contributed by atoms with E-state index in [1.54, 1.807) is 37.4 Å². The zero-order valence-electron chi connectivity index (χ0n) is 19.5. The maximum atomic E-state index is 12.7. The van der Waals surface area contributed by atoms with E-state index in [0.29, 0.717) is 22.5 Å². The van der Waals surface area contributed by atoms with Gasteiger partial charge in [0.15, 0.2) is 17.3 Å². The number of anilines is 1. The average Bonchev–Trinajstić information content (AvgIpc) is 2.84. The number of carbonyl (C=O) groups excluding carboxylic acids is 1. The van der Waals surface area contributed by atoms with Crippen molar-refractivity contribution < 1.29 is 24.1 Å². The van der Waals surface area contributed by atoms with E-state index in [1.165, 1.54) is 14.2 Å². The van der Waals surface area contributed by atoms with Crippen molar-refractivity contribution in [3.8, 4) is 23.1 Å². The maximum absolute atomic E-state index is 12.7. The molecule has 0 atom stereocenters. The maximum Gasteiger partial charge on any atom is 0.320 e. The summed E-state index contributed by atoms with van der Waals surface area (Å²) < 4.78 is 15.7. The molecule has 1 fully saturated rings. The molecule has 4 rings (SSSR count). The molecule has 0 unspecified atom stereocenters. The fraction of sp³-hybridized carbons (Fsp3) is 0.375. The fourth-order valence-electron chi connectivity index (χ4n) is 4.03. The van der Waals surface area contributed by atoms with Gasteiger partial charge < -0.3 is 24.6 Å². The molecule has 0 spiro atoms. The molecule has 0 bridgehead atoms. The first-order valence-corrected chi connectivity index (χ1v) is 11.0. The van der Waals surface area contributed by atoms with Crippen molar-refractivity contribution in [2.24, 2.45) is 0 Å². The Labute approximate surface area is 197 Å². The Kier molecular flexibility index (Phi) is 7.17. The number of phenols is 1. The lowest BCUT2D eigenvalue weighted by Crippen LogP contribution is -2.45. The summed E-state index contributed by atoms with van der Waals surface area (Å²) in [6.07, 6.45) is 1.63. The van der Waals surface area contributed by atoms with Gasteiger partial charge in [-0.1, -0.05) is 6.07 Å². The highest BCUT2D eigenvalue weighted by Gasteiger charge is 2.22. The highest BCUT2D eigenvalue weighted by atomic mass is 16.5. The van der Waals surface area contributed by atoms with E-state index in [2.05, 4.69) is 25.5 Å². The van der Waals surface area contributed by atoms with Crippen molar-refractivity contribution >= 4 is 22.9 Å². The van der Waals surface area contributed by atoms with Crippen molar-refractivity contribution in [3.05, 3.63) is 42.0 Å². The van der Waals surface area contributed by atoms with Crippen molar-refractivity contribution in [1.29, 1.82) is 0 Å². The molecule has 180 valence electrons. The molecule has 2 heterocycles. The number of methoxy groups -OCH3 is 3. The monoisotopic (exact) mass is 467 g/mol. The average molecular weight is 468 g/mol. The predicted octanol–water partition coefficient (Wildman–Crippen LogP) is 3.15. The van der Waals surface area contributed by atoms with Gasteiger partial charge in [-0.3, -0.25) is 10.2 Å². The summed E-state index contributed by atoms with van der Waals surface area (Å²) >= 11 is 0. The molecule has 2 aromatic carbocycles. The molecule has 1 aliphatic rings. The van der Waals surface area contributed by atoms with Crippen LogP contribution in [0.4, 0.5) is 10.6 Å². The third-order valence-corrected chi connectivity index (χ3v) is 5.84. The number of hydrogen-bond donors (Lipinski definition) is 3. The van der Waals surface area contributed by atoms with Gasteiger partial charge in [-0.15, -0.1) is 0 Å². The van der Waals surface area contributed by atoms with Gasteiger partial charge in [0.25, 0.3) is 5.88 Å². The second-order valence-electron chi connectivity index (χ2n) is 8.09. The summed E-state index contributed by atoms with van der Waals surface area (Å²) in [5.74, 6) is 1.74. The summed E-state index contributed by atoms with van der Waals surface area (Å²) in [5, 5.41) is 15.8. The van der Waals surface area contributed by atoms with Gasteiger partial charge in [0, 0.05) is 31.7 Å². The molecule has 3 N–H and O–H groups in total. The lowest BCUT2D eigenvalue weighted by Gasteiger charge is -2.32. The Hall–Kier alpha value is -3.79. The van der Waals surface area contributed by atoms with Gasteiger partial charge in [-0.2, -0.15) is 0 Å². The Morgan fingerprint density at radius 3 is 2.50 bits per heavy atom. The molecule has 10 heteroatoms. The summed E-state index contributed by atoms with van der Waals surface area (Å²) in [6, 6.07) is 10.5. The van der Waals surface area contributed by atoms with Crippen molar-refractivity contribution in [2.75, 3.05) is 39.7 Å². The number of ether oxygens (including phenoxy) is 3. The SMILES string of the molecule is COc1ccc2nc(OC)c(NC(=O)NC3CCN(Cc4ccc(OC)c(O)c4)CC3)nc2c1. The number of benzene rings is 2. The second kappa shape index (κ2) is 10.4. The Morgan fingerprint density at radius 1 is 1.03 bits per heavy atom. The van der Waals surface area contributed by atoms with Gasteiger partial charge in [0.1, 0.15) is 5.75 Å². The van der Waals surface area contributed by atoms with Crippen LogP contribution in [0.5, 0.6) is 23.1 Å². The molecule has 3 aromatic rings. The Balaban J connectivity index is 1.32. The van der Waals surface area contributed by atoms with E-state index in [-0.39, 0.29) is 29.5 Å². The van der Waals surface area contributed by atoms with E-state index in [0.717, 1.165) is 38.0 Å². The summed E-state index contributed by atoms with van der Waals surface area (Å²) in [6.45, 7) is 2.39. The van der Waals surface area contributed by atoms with E-state index in [1.807, 2.05) is 6.07 Å². The Bertz CT molecular complexity index is 1160. The smallest absolute Gasteiger partial charge is 0.320 e. The summed E-state index contributed by atoms with van der Waals surface area (Å²) in [7, 11) is 4.60. The fourth-order valence-corrected chi connectivity index (χ4v) is 4.03. The minimum Gasteiger partial charge on any atom is -0.504 e. The number of nitrogens with zero attached hydrogens (tertiary/aromatic N) is 3. The molecule has 0 saturated carbocycles. The van der Waals surface area contributed by atoms with Crippen LogP contribution in [0.25, 0.3) is 11.0 Å². The van der Waals surface area contributed by atoms with E-state index in [4.69, 9.17) is 14.2 Å². The van der Waals surface area contributed by atoms with Crippen LogP contribution in [-0.2, 0) is 6.54 Å². The predicted molar refractivity (Wildman–Crippen MR) is 128 cm³/mol. The number of fused-ring (bicyclic) bond motifs is 1. The van der Waals surface area contributed by atoms with Crippen LogP contribution in [0.3, 0.4) is 0 Å². The topological polar surface area (TPSA) is 118 Å². The summed E-state index contributed by atoms with van der Waals surface area (Å²) in [5.41, 5.74) is 2.25. The van der Waals surface area contributed by atoms with Crippen LogP contribution in [-0.4, -0.2) is 66.5 Å². The number of rotatable bonds is 7. The zero-order chi connectivity index (χ0) is 24.1. The van der Waals surface area contributed by atoms with Crippen LogP contribution in [0.15, 0.2) is 36.4 Å². The van der Waals surface area contributed by atoms with Gasteiger partial charge >= 0.3 is 6.03 Å². The number of phenolic OH excluding ortho intramolecular Hbond substituents is 1. The minimum absolute atomic E-state index is 0.0417. The van der Waals surface area contributed by atoms with Crippen molar-refractivity contribution in [1.82, 2.24) is 20.2 Å². The van der Waals surface area contributed by atoms with Crippen LogP contribution < -0.4 is 24.8 Å².